The van der Waals surface area contributed by atoms with E-state index >= 15 is 4.79 Å². The van der Waals surface area contributed by atoms with Gasteiger partial charge in [0.2, 0.25) is 5.91 Å². The molecule has 1 unspecified atom stereocenters. The number of rotatable bonds is 7. The van der Waals surface area contributed by atoms with Gasteiger partial charge in [-0.1, -0.05) is 41.5 Å². The lowest BCUT2D eigenvalue weighted by Gasteiger charge is -2.73. The number of nitrogens with zero attached hydrogens (tertiary/aromatic N) is 3. The molecule has 0 aromatic carbocycles. The maximum absolute atomic E-state index is 15.2. The van der Waals surface area contributed by atoms with Crippen molar-refractivity contribution in [2.75, 3.05) is 65.6 Å². The first-order valence-electron chi connectivity index (χ1n) is 21.7. The lowest BCUT2D eigenvalue weighted by atomic mass is 9.32. The molecule has 288 valence electrons. The summed E-state index contributed by atoms with van der Waals surface area (Å²) in [6, 6.07) is 0. The topological polar surface area (TPSA) is 62.3 Å². The Labute approximate surface area is 310 Å². The number of hydrogen-bond donors (Lipinski definition) is 0. The van der Waals surface area contributed by atoms with Gasteiger partial charge in [0.15, 0.2) is 0 Å². The van der Waals surface area contributed by atoms with Crippen LogP contribution in [0.5, 0.6) is 0 Å². The van der Waals surface area contributed by atoms with Crippen LogP contribution in [0.2, 0.25) is 0 Å². The molecule has 10 atom stereocenters. The number of fused-ring (bicyclic) bond motifs is 7. The molecule has 8 aliphatic rings. The van der Waals surface area contributed by atoms with E-state index in [1.165, 1.54) is 70.8 Å². The number of carbonyl (C=O) groups is 2. The van der Waals surface area contributed by atoms with Crippen molar-refractivity contribution in [3.05, 3.63) is 0 Å². The average Bonchev–Trinajstić information content (AvgIpc) is 3.71. The van der Waals surface area contributed by atoms with Crippen molar-refractivity contribution in [3.63, 3.8) is 0 Å². The SMILES string of the molecule is CC(=O)O[C@H]1CC[C@]2(C)C3CC[C@@H]4[C@H]5[C@H](C6(C)CC6)CC[C@]5(C(=O)N5CCN(CCCN6CCOCC6)CC5)CC[C@@]4(C)[C@]3(C)CC[C@H]2C1(C)C. The molecule has 7 nitrogen and oxygen atoms in total. The van der Waals surface area contributed by atoms with E-state index in [2.05, 4.69) is 56.2 Å². The molecule has 2 heterocycles. The van der Waals surface area contributed by atoms with E-state index < -0.39 is 0 Å². The fourth-order valence-electron chi connectivity index (χ4n) is 15.5. The molecule has 6 saturated carbocycles. The zero-order chi connectivity index (χ0) is 36.0. The molecule has 2 aliphatic heterocycles. The van der Waals surface area contributed by atoms with Crippen LogP contribution in [0.1, 0.15) is 132 Å². The molecule has 0 N–H and O–H groups in total. The van der Waals surface area contributed by atoms with E-state index in [9.17, 15) is 4.79 Å². The zero-order valence-electron chi connectivity index (χ0n) is 33.7. The first-order chi connectivity index (χ1) is 24.2. The lowest BCUT2D eigenvalue weighted by molar-refractivity contribution is -0.251. The molecule has 51 heavy (non-hydrogen) atoms. The number of hydrogen-bond acceptors (Lipinski definition) is 6. The minimum Gasteiger partial charge on any atom is -0.462 e. The second kappa shape index (κ2) is 13.0. The van der Waals surface area contributed by atoms with Gasteiger partial charge in [-0.05, 0) is 148 Å². The zero-order valence-corrected chi connectivity index (χ0v) is 33.7. The second-order valence-corrected chi connectivity index (χ2v) is 21.0. The summed E-state index contributed by atoms with van der Waals surface area (Å²) >= 11 is 0. The highest BCUT2D eigenvalue weighted by molar-refractivity contribution is 5.84. The van der Waals surface area contributed by atoms with E-state index in [4.69, 9.17) is 9.47 Å². The van der Waals surface area contributed by atoms with Gasteiger partial charge in [0.05, 0.1) is 18.6 Å². The summed E-state index contributed by atoms with van der Waals surface area (Å²) in [5.41, 5.74) is 1.12. The van der Waals surface area contributed by atoms with Crippen molar-refractivity contribution in [1.82, 2.24) is 14.7 Å². The molecule has 0 spiro atoms. The van der Waals surface area contributed by atoms with Gasteiger partial charge in [-0.15, -0.1) is 0 Å². The maximum atomic E-state index is 15.2. The number of piperazine rings is 1. The largest absolute Gasteiger partial charge is 0.462 e. The van der Waals surface area contributed by atoms with Crippen LogP contribution in [0.3, 0.4) is 0 Å². The van der Waals surface area contributed by atoms with Crippen LogP contribution in [-0.2, 0) is 19.1 Å². The highest BCUT2D eigenvalue weighted by Gasteiger charge is 2.73. The van der Waals surface area contributed by atoms with Crippen molar-refractivity contribution in [1.29, 1.82) is 0 Å². The number of morpholine rings is 1. The Hall–Kier alpha value is -1.18. The van der Waals surface area contributed by atoms with Crippen molar-refractivity contribution < 1.29 is 19.1 Å². The molecule has 1 amide bonds. The third kappa shape index (κ3) is 5.72. The Kier molecular flexibility index (Phi) is 9.34. The first kappa shape index (κ1) is 36.8. The first-order valence-corrected chi connectivity index (χ1v) is 21.7. The molecule has 2 saturated heterocycles. The minimum absolute atomic E-state index is 0.00420. The van der Waals surface area contributed by atoms with E-state index in [-0.39, 0.29) is 39.1 Å². The molecular formula is C44H73N3O4. The van der Waals surface area contributed by atoms with Crippen LogP contribution in [0.15, 0.2) is 0 Å². The molecule has 0 radical (unpaired) electrons. The number of esters is 1. The predicted octanol–water partition coefficient (Wildman–Crippen LogP) is 7.67. The van der Waals surface area contributed by atoms with Crippen LogP contribution in [0.4, 0.5) is 0 Å². The van der Waals surface area contributed by atoms with Gasteiger partial charge in [-0.2, -0.15) is 0 Å². The van der Waals surface area contributed by atoms with Crippen LogP contribution < -0.4 is 0 Å². The van der Waals surface area contributed by atoms with Gasteiger partial charge in [-0.3, -0.25) is 19.4 Å². The average molecular weight is 708 g/mol. The summed E-state index contributed by atoms with van der Waals surface area (Å²) in [6.07, 6.45) is 16.0. The monoisotopic (exact) mass is 708 g/mol. The Bertz CT molecular complexity index is 1330. The molecule has 8 rings (SSSR count). The molecule has 7 heteroatoms. The van der Waals surface area contributed by atoms with Crippen molar-refractivity contribution in [3.8, 4) is 0 Å². The summed E-state index contributed by atoms with van der Waals surface area (Å²) < 4.78 is 11.6. The van der Waals surface area contributed by atoms with Crippen molar-refractivity contribution in [2.24, 2.45) is 62.1 Å². The highest BCUT2D eigenvalue weighted by Crippen LogP contribution is 2.79. The molecule has 0 aromatic rings. The fraction of sp³-hybridized carbons (Fsp3) is 0.955. The quantitative estimate of drug-likeness (QED) is 0.253. The molecule has 0 bridgehead atoms. The van der Waals surface area contributed by atoms with Gasteiger partial charge in [0, 0.05) is 51.6 Å². The Morgan fingerprint density at radius 3 is 2.02 bits per heavy atom. The molecular weight excluding hydrogens is 635 g/mol. The maximum Gasteiger partial charge on any atom is 0.302 e. The number of amides is 1. The standard InChI is InChI=1S/C44H73N3O4/c1-31(48)51-36-13-14-41(5)34(39(36,2)3)12-15-43(7)35(41)10-9-33-37-32(40(4)17-18-40)11-16-44(37,20-19-42(33,43)6)38(49)47-25-23-45(24-26-47)21-8-22-46-27-29-50-30-28-46/h32-37H,8-30H2,1-7H3/t32-,33-,34+,35?,36+,37-,41+,42-,43-,44+/m1/s1. The Balaban J connectivity index is 1.01. The smallest absolute Gasteiger partial charge is 0.302 e. The second-order valence-electron chi connectivity index (χ2n) is 21.0. The van der Waals surface area contributed by atoms with Crippen molar-refractivity contribution in [2.45, 2.75) is 138 Å². The molecule has 6 aliphatic carbocycles. The Morgan fingerprint density at radius 1 is 0.667 bits per heavy atom. The highest BCUT2D eigenvalue weighted by atomic mass is 16.5. The fourth-order valence-corrected chi connectivity index (χ4v) is 15.5. The van der Waals surface area contributed by atoms with Crippen LogP contribution in [0.25, 0.3) is 0 Å². The van der Waals surface area contributed by atoms with Crippen LogP contribution >= 0.6 is 0 Å². The van der Waals surface area contributed by atoms with Gasteiger partial charge < -0.3 is 14.4 Å². The third-order valence-electron chi connectivity index (χ3n) is 18.8. The summed E-state index contributed by atoms with van der Waals surface area (Å²) in [7, 11) is 0. The van der Waals surface area contributed by atoms with E-state index in [1.807, 2.05) is 0 Å². The Morgan fingerprint density at radius 2 is 1.35 bits per heavy atom. The summed E-state index contributed by atoms with van der Waals surface area (Å²) in [5.74, 6) is 3.60. The summed E-state index contributed by atoms with van der Waals surface area (Å²) in [5, 5.41) is 0. The predicted molar refractivity (Wildman–Crippen MR) is 202 cm³/mol. The normalized spacial score (nSPS) is 46.3. The molecule has 8 fully saturated rings. The summed E-state index contributed by atoms with van der Waals surface area (Å²) in [4.78, 5) is 34.9. The van der Waals surface area contributed by atoms with E-state index in [0.717, 1.165) is 78.3 Å². The number of carbonyl (C=O) groups excluding carboxylic acids is 2. The van der Waals surface area contributed by atoms with E-state index in [1.54, 1.807) is 6.92 Å². The van der Waals surface area contributed by atoms with Crippen LogP contribution in [-0.4, -0.2) is 98.3 Å². The van der Waals surface area contributed by atoms with Gasteiger partial charge >= 0.3 is 5.97 Å². The summed E-state index contributed by atoms with van der Waals surface area (Å²) in [6.45, 7) is 27.2. The lowest BCUT2D eigenvalue weighted by Crippen LogP contribution is -2.68. The van der Waals surface area contributed by atoms with Gasteiger partial charge in [-0.25, -0.2) is 0 Å². The minimum atomic E-state index is -0.146. The third-order valence-corrected chi connectivity index (χ3v) is 18.8. The van der Waals surface area contributed by atoms with E-state index in [0.29, 0.717) is 40.9 Å². The number of ether oxygens (including phenoxy) is 2. The van der Waals surface area contributed by atoms with Crippen molar-refractivity contribution >= 4 is 11.9 Å². The van der Waals surface area contributed by atoms with Gasteiger partial charge in [0.25, 0.3) is 0 Å². The van der Waals surface area contributed by atoms with Gasteiger partial charge in [0.1, 0.15) is 6.10 Å². The van der Waals surface area contributed by atoms with Crippen LogP contribution in [0, 0.1) is 62.1 Å². The molecule has 0 aromatic heterocycles.